The average molecular weight is 394 g/mol. The maximum Gasteiger partial charge on any atom is 0.263 e. The van der Waals surface area contributed by atoms with E-state index in [1.165, 1.54) is 23.5 Å². The first kappa shape index (κ1) is 18.4. The van der Waals surface area contributed by atoms with Gasteiger partial charge in [0.25, 0.3) is 5.56 Å². The van der Waals surface area contributed by atoms with Crippen LogP contribution >= 0.6 is 11.3 Å². The first-order chi connectivity index (χ1) is 13.5. The van der Waals surface area contributed by atoms with Gasteiger partial charge in [0.1, 0.15) is 22.2 Å². The zero-order chi connectivity index (χ0) is 19.8. The van der Waals surface area contributed by atoms with Gasteiger partial charge in [-0.3, -0.25) is 9.36 Å². The van der Waals surface area contributed by atoms with E-state index in [2.05, 4.69) is 4.98 Å². The van der Waals surface area contributed by atoms with Crippen molar-refractivity contribution >= 4 is 21.6 Å². The SMILES string of the molecule is COc1ccc(C)cc1-c1csc2nc(C)n(Cc3cccc(F)c3)c(=O)c12. The number of benzene rings is 2. The molecule has 4 nitrogen and oxygen atoms in total. The highest BCUT2D eigenvalue weighted by Crippen LogP contribution is 2.37. The van der Waals surface area contributed by atoms with Crippen LogP contribution in [0.5, 0.6) is 5.75 Å². The van der Waals surface area contributed by atoms with Crippen LogP contribution in [0.2, 0.25) is 0 Å². The van der Waals surface area contributed by atoms with E-state index in [1.807, 2.05) is 30.5 Å². The molecule has 0 aliphatic carbocycles. The molecule has 0 amide bonds. The summed E-state index contributed by atoms with van der Waals surface area (Å²) in [6.07, 6.45) is 0. The van der Waals surface area contributed by atoms with Crippen molar-refractivity contribution in [2.45, 2.75) is 20.4 Å². The third kappa shape index (κ3) is 3.20. The summed E-state index contributed by atoms with van der Waals surface area (Å²) >= 11 is 1.44. The molecule has 4 aromatic rings. The highest BCUT2D eigenvalue weighted by atomic mass is 32.1. The molecular formula is C22H19FN2O2S. The second kappa shape index (κ2) is 7.20. The fourth-order valence-corrected chi connectivity index (χ4v) is 4.33. The van der Waals surface area contributed by atoms with Crippen molar-refractivity contribution < 1.29 is 9.13 Å². The lowest BCUT2D eigenvalue weighted by atomic mass is 10.0. The van der Waals surface area contributed by atoms with E-state index in [4.69, 9.17) is 4.74 Å². The van der Waals surface area contributed by atoms with E-state index < -0.39 is 0 Å². The lowest BCUT2D eigenvalue weighted by molar-refractivity contribution is 0.416. The molecule has 0 aliphatic heterocycles. The minimum atomic E-state index is -0.321. The summed E-state index contributed by atoms with van der Waals surface area (Å²) in [6, 6.07) is 12.2. The van der Waals surface area contributed by atoms with Crippen LogP contribution in [0, 0.1) is 19.7 Å². The number of aromatic nitrogens is 2. The molecule has 6 heteroatoms. The van der Waals surface area contributed by atoms with Gasteiger partial charge in [0.05, 0.1) is 19.0 Å². The molecule has 0 unspecified atom stereocenters. The molecule has 2 aromatic carbocycles. The van der Waals surface area contributed by atoms with Crippen molar-refractivity contribution in [1.82, 2.24) is 9.55 Å². The van der Waals surface area contributed by atoms with E-state index >= 15 is 0 Å². The number of ether oxygens (including phenoxy) is 1. The van der Waals surface area contributed by atoms with Gasteiger partial charge in [-0.05, 0) is 43.7 Å². The van der Waals surface area contributed by atoms with Gasteiger partial charge >= 0.3 is 0 Å². The fourth-order valence-electron chi connectivity index (χ4n) is 3.36. The lowest BCUT2D eigenvalue weighted by Gasteiger charge is -2.12. The molecular weight excluding hydrogens is 375 g/mol. The average Bonchev–Trinajstić information content (AvgIpc) is 3.09. The number of rotatable bonds is 4. The summed E-state index contributed by atoms with van der Waals surface area (Å²) in [5.41, 5.74) is 3.35. The number of aryl methyl sites for hydroxylation is 2. The Morgan fingerprint density at radius 2 is 1.96 bits per heavy atom. The van der Waals surface area contributed by atoms with E-state index in [0.29, 0.717) is 21.8 Å². The Kier molecular flexibility index (Phi) is 4.73. The molecule has 0 aliphatic rings. The van der Waals surface area contributed by atoms with Gasteiger partial charge in [-0.1, -0.05) is 23.8 Å². The molecule has 0 radical (unpaired) electrons. The highest BCUT2D eigenvalue weighted by Gasteiger charge is 2.18. The monoisotopic (exact) mass is 394 g/mol. The van der Waals surface area contributed by atoms with Crippen LogP contribution in [0.25, 0.3) is 21.3 Å². The number of fused-ring (bicyclic) bond motifs is 1. The minimum Gasteiger partial charge on any atom is -0.496 e. The highest BCUT2D eigenvalue weighted by molar-refractivity contribution is 7.17. The van der Waals surface area contributed by atoms with Crippen LogP contribution in [0.15, 0.2) is 52.6 Å². The Labute approximate surface area is 165 Å². The van der Waals surface area contributed by atoms with Crippen molar-refractivity contribution in [3.63, 3.8) is 0 Å². The first-order valence-electron chi connectivity index (χ1n) is 8.86. The molecule has 0 fully saturated rings. The maximum absolute atomic E-state index is 13.6. The smallest absolute Gasteiger partial charge is 0.263 e. The summed E-state index contributed by atoms with van der Waals surface area (Å²) in [5.74, 6) is 0.992. The van der Waals surface area contributed by atoms with E-state index in [0.717, 1.165) is 22.3 Å². The Morgan fingerprint density at radius 3 is 2.71 bits per heavy atom. The summed E-state index contributed by atoms with van der Waals surface area (Å²) in [6.45, 7) is 4.07. The van der Waals surface area contributed by atoms with Gasteiger partial charge in [0.2, 0.25) is 0 Å². The molecule has 0 spiro atoms. The summed E-state index contributed by atoms with van der Waals surface area (Å²) in [5, 5.41) is 2.51. The van der Waals surface area contributed by atoms with Gasteiger partial charge in [-0.25, -0.2) is 9.37 Å². The second-order valence-electron chi connectivity index (χ2n) is 6.71. The van der Waals surface area contributed by atoms with Gasteiger partial charge < -0.3 is 4.74 Å². The van der Waals surface area contributed by atoms with Gasteiger partial charge in [-0.15, -0.1) is 11.3 Å². The van der Waals surface area contributed by atoms with Gasteiger partial charge in [0, 0.05) is 16.5 Å². The molecule has 0 N–H and O–H groups in total. The Hall–Kier alpha value is -2.99. The third-order valence-corrected chi connectivity index (χ3v) is 5.63. The van der Waals surface area contributed by atoms with Crippen LogP contribution in [-0.2, 0) is 6.54 Å². The lowest BCUT2D eigenvalue weighted by Crippen LogP contribution is -2.24. The molecule has 0 saturated heterocycles. The van der Waals surface area contributed by atoms with Crippen LogP contribution in [0.4, 0.5) is 4.39 Å². The number of nitrogens with zero attached hydrogens (tertiary/aromatic N) is 2. The number of thiophene rings is 1. The Morgan fingerprint density at radius 1 is 1.14 bits per heavy atom. The van der Waals surface area contributed by atoms with Gasteiger partial charge in [0.15, 0.2) is 0 Å². The van der Waals surface area contributed by atoms with Crippen LogP contribution in [0.3, 0.4) is 0 Å². The quantitative estimate of drug-likeness (QED) is 0.493. The standard InChI is InChI=1S/C22H19FN2O2S/c1-13-7-8-19(27-3)17(9-13)18-12-28-21-20(18)22(26)25(14(2)24-21)11-15-5-4-6-16(23)10-15/h4-10,12H,11H2,1-3H3. The zero-order valence-electron chi connectivity index (χ0n) is 15.8. The number of methoxy groups -OCH3 is 1. The van der Waals surface area contributed by atoms with Crippen LogP contribution < -0.4 is 10.3 Å². The normalized spacial score (nSPS) is 11.1. The molecule has 4 rings (SSSR count). The van der Waals surface area contributed by atoms with Crippen molar-refractivity contribution in [2.75, 3.05) is 7.11 Å². The number of hydrogen-bond acceptors (Lipinski definition) is 4. The van der Waals surface area contributed by atoms with Gasteiger partial charge in [-0.2, -0.15) is 0 Å². The van der Waals surface area contributed by atoms with Crippen LogP contribution in [-0.4, -0.2) is 16.7 Å². The molecule has 142 valence electrons. The number of hydrogen-bond donors (Lipinski definition) is 0. The second-order valence-corrected chi connectivity index (χ2v) is 7.57. The Balaban J connectivity index is 1.92. The van der Waals surface area contributed by atoms with Crippen molar-refractivity contribution in [1.29, 1.82) is 0 Å². The minimum absolute atomic E-state index is 0.133. The van der Waals surface area contributed by atoms with Crippen LogP contribution in [0.1, 0.15) is 17.0 Å². The first-order valence-corrected chi connectivity index (χ1v) is 9.74. The summed E-state index contributed by atoms with van der Waals surface area (Å²) in [4.78, 5) is 18.7. The molecule has 28 heavy (non-hydrogen) atoms. The fraction of sp³-hybridized carbons (Fsp3) is 0.182. The predicted octanol–water partition coefficient (Wildman–Crippen LogP) is 4.94. The Bertz CT molecular complexity index is 1240. The van der Waals surface area contributed by atoms with E-state index in [-0.39, 0.29) is 17.9 Å². The third-order valence-electron chi connectivity index (χ3n) is 4.76. The zero-order valence-corrected chi connectivity index (χ0v) is 16.6. The van der Waals surface area contributed by atoms with Crippen molar-refractivity contribution in [3.8, 4) is 16.9 Å². The number of halogens is 1. The molecule has 0 atom stereocenters. The largest absolute Gasteiger partial charge is 0.496 e. The molecule has 0 saturated carbocycles. The molecule has 2 aromatic heterocycles. The van der Waals surface area contributed by atoms with E-state index in [1.54, 1.807) is 30.7 Å². The van der Waals surface area contributed by atoms with Crippen molar-refractivity contribution in [3.05, 3.63) is 81.0 Å². The summed E-state index contributed by atoms with van der Waals surface area (Å²) in [7, 11) is 1.62. The summed E-state index contributed by atoms with van der Waals surface area (Å²) < 4.78 is 20.7. The topological polar surface area (TPSA) is 44.1 Å². The molecule has 2 heterocycles. The van der Waals surface area contributed by atoms with Crippen molar-refractivity contribution in [2.24, 2.45) is 0 Å². The molecule has 0 bridgehead atoms. The van der Waals surface area contributed by atoms with E-state index in [9.17, 15) is 9.18 Å². The maximum atomic E-state index is 13.6. The predicted molar refractivity (Wildman–Crippen MR) is 111 cm³/mol.